The normalized spacial score (nSPS) is 38.7. The van der Waals surface area contributed by atoms with Crippen LogP contribution in [0.4, 0.5) is 0 Å². The van der Waals surface area contributed by atoms with E-state index in [1.807, 2.05) is 4.90 Å². The summed E-state index contributed by atoms with van der Waals surface area (Å²) in [7, 11) is 0. The van der Waals surface area contributed by atoms with Crippen LogP contribution in [0.5, 0.6) is 0 Å². The van der Waals surface area contributed by atoms with Gasteiger partial charge in [-0.25, -0.2) is 5.06 Å². The van der Waals surface area contributed by atoms with Crippen LogP contribution < -0.4 is 0 Å². The second-order valence-corrected chi connectivity index (χ2v) is 8.32. The molecule has 0 bridgehead atoms. The summed E-state index contributed by atoms with van der Waals surface area (Å²) in [4.78, 5) is 33.1. The van der Waals surface area contributed by atoms with Crippen LogP contribution in [0.2, 0.25) is 0 Å². The second-order valence-electron chi connectivity index (χ2n) is 8.32. The van der Waals surface area contributed by atoms with Gasteiger partial charge in [-0.15, -0.1) is 0 Å². The molecule has 0 N–H and O–H groups in total. The molecule has 140 valence electrons. The van der Waals surface area contributed by atoms with Crippen LogP contribution in [0.15, 0.2) is 0 Å². The lowest BCUT2D eigenvalue weighted by Gasteiger charge is -2.31. The van der Waals surface area contributed by atoms with Gasteiger partial charge in [-0.1, -0.05) is 6.92 Å². The van der Waals surface area contributed by atoms with Gasteiger partial charge < -0.3 is 9.64 Å². The number of nitrogens with zero attached hydrogens (tertiary/aromatic N) is 2. The van der Waals surface area contributed by atoms with E-state index in [0.717, 1.165) is 44.4 Å². The van der Waals surface area contributed by atoms with Crippen molar-refractivity contribution in [3.05, 3.63) is 0 Å². The Morgan fingerprint density at radius 1 is 1.00 bits per heavy atom. The third-order valence-corrected chi connectivity index (χ3v) is 6.56. The number of ether oxygens (including phenoxy) is 1. The first-order valence-corrected chi connectivity index (χ1v) is 9.98. The first-order chi connectivity index (χ1) is 12.1. The minimum atomic E-state index is -0.160. The van der Waals surface area contributed by atoms with E-state index in [9.17, 15) is 9.59 Å². The predicted octanol–water partition coefficient (Wildman–Crippen LogP) is 1.84. The third kappa shape index (κ3) is 3.43. The minimum Gasteiger partial charge on any atom is -0.375 e. The maximum absolute atomic E-state index is 12.9. The largest absolute Gasteiger partial charge is 0.375 e. The molecule has 4 aliphatic rings. The summed E-state index contributed by atoms with van der Waals surface area (Å²) in [5, 5.41) is 1.53. The Bertz CT molecular complexity index is 512. The highest BCUT2D eigenvalue weighted by Crippen LogP contribution is 2.37. The molecule has 0 aromatic rings. The number of rotatable bonds is 2. The standard InChI is InChI=1S/C19H30N2O4/c1-13-4-6-14(7-5-13)18(22)20-10-15-16(12-24-17(15)11-20)19(23)21-8-2-3-9-25-21/h13-17H,2-12H2,1H3/t13?,14?,15-,16-,17-/m0/s1. The van der Waals surface area contributed by atoms with Gasteiger partial charge in [0.05, 0.1) is 25.2 Å². The molecule has 3 atom stereocenters. The second kappa shape index (κ2) is 7.23. The number of hydrogen-bond donors (Lipinski definition) is 0. The monoisotopic (exact) mass is 350 g/mol. The van der Waals surface area contributed by atoms with E-state index >= 15 is 0 Å². The molecule has 0 unspecified atom stereocenters. The summed E-state index contributed by atoms with van der Waals surface area (Å²) in [6, 6.07) is 0. The Hall–Kier alpha value is -1.14. The molecule has 4 fully saturated rings. The maximum atomic E-state index is 12.9. The molecule has 0 aromatic heterocycles. The van der Waals surface area contributed by atoms with Gasteiger partial charge in [0.1, 0.15) is 0 Å². The van der Waals surface area contributed by atoms with Gasteiger partial charge in [-0.05, 0) is 44.4 Å². The van der Waals surface area contributed by atoms with Crippen molar-refractivity contribution >= 4 is 11.8 Å². The molecule has 0 aromatic carbocycles. The molecule has 1 saturated carbocycles. The molecule has 3 aliphatic heterocycles. The van der Waals surface area contributed by atoms with E-state index in [-0.39, 0.29) is 35.7 Å². The van der Waals surface area contributed by atoms with Crippen molar-refractivity contribution in [2.24, 2.45) is 23.7 Å². The van der Waals surface area contributed by atoms with Crippen molar-refractivity contribution in [3.63, 3.8) is 0 Å². The van der Waals surface area contributed by atoms with Crippen LogP contribution >= 0.6 is 0 Å². The number of fused-ring (bicyclic) bond motifs is 1. The predicted molar refractivity (Wildman–Crippen MR) is 91.3 cm³/mol. The van der Waals surface area contributed by atoms with Gasteiger partial charge in [-0.3, -0.25) is 14.4 Å². The van der Waals surface area contributed by atoms with E-state index in [1.54, 1.807) is 0 Å². The van der Waals surface area contributed by atoms with E-state index in [2.05, 4.69) is 6.92 Å². The molecular formula is C19H30N2O4. The smallest absolute Gasteiger partial charge is 0.252 e. The number of likely N-dealkylation sites (tertiary alicyclic amines) is 1. The van der Waals surface area contributed by atoms with Gasteiger partial charge in [0.15, 0.2) is 0 Å². The molecule has 6 heteroatoms. The lowest BCUT2D eigenvalue weighted by atomic mass is 9.82. The topological polar surface area (TPSA) is 59.1 Å². The first-order valence-electron chi connectivity index (χ1n) is 9.98. The van der Waals surface area contributed by atoms with Crippen molar-refractivity contribution in [3.8, 4) is 0 Å². The zero-order valence-corrected chi connectivity index (χ0v) is 15.2. The highest BCUT2D eigenvalue weighted by Gasteiger charge is 2.50. The summed E-state index contributed by atoms with van der Waals surface area (Å²) in [5.41, 5.74) is 0. The summed E-state index contributed by atoms with van der Waals surface area (Å²) in [5.74, 6) is 1.22. The Kier molecular flexibility index (Phi) is 5.00. The zero-order chi connectivity index (χ0) is 17.4. The minimum absolute atomic E-state index is 0.0187. The highest BCUT2D eigenvalue weighted by atomic mass is 16.7. The Morgan fingerprint density at radius 3 is 2.52 bits per heavy atom. The van der Waals surface area contributed by atoms with Crippen LogP contribution in [-0.2, 0) is 19.2 Å². The Balaban J connectivity index is 1.36. The summed E-state index contributed by atoms with van der Waals surface area (Å²) >= 11 is 0. The maximum Gasteiger partial charge on any atom is 0.252 e. The Morgan fingerprint density at radius 2 is 1.80 bits per heavy atom. The molecular weight excluding hydrogens is 320 g/mol. The van der Waals surface area contributed by atoms with Gasteiger partial charge in [0.2, 0.25) is 5.91 Å². The van der Waals surface area contributed by atoms with Gasteiger partial charge in [0, 0.05) is 31.5 Å². The van der Waals surface area contributed by atoms with Crippen LogP contribution in [0.25, 0.3) is 0 Å². The quantitative estimate of drug-likeness (QED) is 0.762. The molecule has 6 nitrogen and oxygen atoms in total. The van der Waals surface area contributed by atoms with Crippen LogP contribution in [0, 0.1) is 23.7 Å². The van der Waals surface area contributed by atoms with Gasteiger partial charge >= 0.3 is 0 Å². The number of carbonyl (C=O) groups is 2. The molecule has 0 radical (unpaired) electrons. The number of hydroxylamine groups is 2. The van der Waals surface area contributed by atoms with Crippen LogP contribution in [0.1, 0.15) is 45.4 Å². The van der Waals surface area contributed by atoms with Crippen molar-refractivity contribution in [2.75, 3.05) is 32.8 Å². The third-order valence-electron chi connectivity index (χ3n) is 6.56. The van der Waals surface area contributed by atoms with E-state index in [1.165, 1.54) is 5.06 Å². The molecule has 1 aliphatic carbocycles. The van der Waals surface area contributed by atoms with E-state index in [0.29, 0.717) is 32.8 Å². The summed E-state index contributed by atoms with van der Waals surface area (Å²) in [6.45, 7) is 5.36. The Labute approximate surface area is 149 Å². The average molecular weight is 350 g/mol. The SMILES string of the molecule is CC1CCC(C(=O)N2C[C@@H]3[C@H](C2)OC[C@@H]3C(=O)N2CCCCO2)CC1. The average Bonchev–Trinajstić information content (AvgIpc) is 3.22. The molecule has 3 saturated heterocycles. The number of hydrogen-bond acceptors (Lipinski definition) is 4. The van der Waals surface area contributed by atoms with Crippen LogP contribution in [-0.4, -0.2) is 60.7 Å². The van der Waals surface area contributed by atoms with Crippen molar-refractivity contribution in [1.29, 1.82) is 0 Å². The fourth-order valence-electron chi connectivity index (χ4n) is 4.87. The molecule has 3 heterocycles. The van der Waals surface area contributed by atoms with Gasteiger partial charge in [-0.2, -0.15) is 0 Å². The van der Waals surface area contributed by atoms with Crippen LogP contribution in [0.3, 0.4) is 0 Å². The zero-order valence-electron chi connectivity index (χ0n) is 15.2. The fraction of sp³-hybridized carbons (Fsp3) is 0.895. The summed E-state index contributed by atoms with van der Waals surface area (Å²) < 4.78 is 5.89. The van der Waals surface area contributed by atoms with Gasteiger partial charge in [0.25, 0.3) is 5.91 Å². The van der Waals surface area contributed by atoms with E-state index < -0.39 is 0 Å². The van der Waals surface area contributed by atoms with Crippen molar-refractivity contribution in [2.45, 2.75) is 51.6 Å². The highest BCUT2D eigenvalue weighted by molar-refractivity contribution is 5.81. The number of carbonyl (C=O) groups excluding carboxylic acids is 2. The summed E-state index contributed by atoms with van der Waals surface area (Å²) in [6.07, 6.45) is 6.36. The molecule has 25 heavy (non-hydrogen) atoms. The molecule has 0 spiro atoms. The molecule has 4 rings (SSSR count). The van der Waals surface area contributed by atoms with Crippen molar-refractivity contribution < 1.29 is 19.2 Å². The van der Waals surface area contributed by atoms with Crippen molar-refractivity contribution in [1.82, 2.24) is 9.96 Å². The number of amides is 2. The van der Waals surface area contributed by atoms with E-state index in [4.69, 9.17) is 9.57 Å². The lowest BCUT2D eigenvalue weighted by molar-refractivity contribution is -0.202. The lowest BCUT2D eigenvalue weighted by Crippen LogP contribution is -2.43. The molecule has 2 amide bonds. The first kappa shape index (κ1) is 17.3. The fourth-order valence-corrected chi connectivity index (χ4v) is 4.87.